The van der Waals surface area contributed by atoms with E-state index in [1.807, 2.05) is 0 Å². The fourth-order valence-electron chi connectivity index (χ4n) is 3.50. The molecule has 22 nitrogen and oxygen atoms in total. The Labute approximate surface area is 384 Å². The van der Waals surface area contributed by atoms with Gasteiger partial charge in [-0.05, 0) is 41.8 Å². The topological polar surface area (TPSA) is 352 Å². The molecule has 1 amide bonds. The molecule has 0 N–H and O–H groups in total. The van der Waals surface area contributed by atoms with Crippen LogP contribution in [-0.4, -0.2) is 82.2 Å². The van der Waals surface area contributed by atoms with Crippen LogP contribution in [0.3, 0.4) is 0 Å². The Morgan fingerprint density at radius 3 is 1.21 bits per heavy atom. The van der Waals surface area contributed by atoms with E-state index in [-0.39, 0.29) is 184 Å². The molecule has 3 rings (SSSR count). The maximum atomic E-state index is 13.2. The van der Waals surface area contributed by atoms with Crippen LogP contribution in [0.1, 0.15) is 21.5 Å². The average molecular weight is 828 g/mol. The number of hydrogen-bond acceptors (Lipinski definition) is 21. The molecule has 0 radical (unpaired) electrons. The van der Waals surface area contributed by atoms with Crippen molar-refractivity contribution in [3.63, 3.8) is 0 Å². The van der Waals surface area contributed by atoms with Gasteiger partial charge in [0.2, 0.25) is 5.75 Å². The van der Waals surface area contributed by atoms with Gasteiger partial charge in [-0.2, -0.15) is 0 Å². The van der Waals surface area contributed by atoms with E-state index in [4.69, 9.17) is 0 Å². The number of amides is 1. The molecule has 240 valence electrons. The van der Waals surface area contributed by atoms with Gasteiger partial charge in [0.25, 0.3) is 57.9 Å². The van der Waals surface area contributed by atoms with Crippen molar-refractivity contribution >= 4 is 57.9 Å². The number of carbonyl (C=O) groups is 1. The minimum absolute atomic E-state index is 0. The fourth-order valence-corrected chi connectivity index (χ4v) is 5.25. The number of rotatable bonds is 11. The zero-order valence-corrected chi connectivity index (χ0v) is 39.1. The summed E-state index contributed by atoms with van der Waals surface area (Å²) in [6.07, 6.45) is -0.229. The predicted octanol–water partition coefficient (Wildman–Crippen LogP) is -17.9. The number of hydrogen-bond donors (Lipinski definition) is 0. The second kappa shape index (κ2) is 20.2. The van der Waals surface area contributed by atoms with Gasteiger partial charge in [0.1, 0.15) is 0 Å². The van der Waals surface area contributed by atoms with Crippen LogP contribution in [0.25, 0.3) is 0 Å². The van der Waals surface area contributed by atoms with Crippen molar-refractivity contribution in [2.75, 3.05) is 6.54 Å². The van der Waals surface area contributed by atoms with Crippen molar-refractivity contribution in [3.8, 4) is 28.7 Å². The van der Waals surface area contributed by atoms with E-state index in [1.54, 1.807) is 0 Å². The van der Waals surface area contributed by atoms with Crippen molar-refractivity contribution < 1.29 is 238 Å². The van der Waals surface area contributed by atoms with Crippen LogP contribution in [0.5, 0.6) is 28.7 Å². The first-order chi connectivity index (χ1) is 19.3. The number of carbonyl (C=O) groups excluding carboxylic acids is 1. The smallest absolute Gasteiger partial charge is 0.716 e. The van der Waals surface area contributed by atoms with Gasteiger partial charge in [-0.1, -0.05) is 0 Å². The normalized spacial score (nSPS) is 12.9. The molecule has 0 fully saturated rings. The van der Waals surface area contributed by atoms with Gasteiger partial charge in [0.05, 0.1) is 0 Å². The molecule has 0 saturated carbocycles. The summed E-state index contributed by atoms with van der Waals surface area (Å²) in [5.74, 6) is -8.24. The monoisotopic (exact) mass is 827 g/mol. The molecule has 48 heavy (non-hydrogen) atoms. The Hall–Kier alpha value is 1.46. The maximum absolute atomic E-state index is 13.2. The van der Waals surface area contributed by atoms with Crippen molar-refractivity contribution in [2.45, 2.75) is 13.0 Å². The van der Waals surface area contributed by atoms with Crippen LogP contribution in [0, 0.1) is 0 Å². The van der Waals surface area contributed by atoms with Crippen molar-refractivity contribution in [3.05, 3.63) is 41.0 Å². The van der Waals surface area contributed by atoms with E-state index in [0.717, 1.165) is 11.0 Å². The Bertz CT molecular complexity index is 1990. The largest absolute Gasteiger partial charge is 1.00 e. The molecule has 0 aliphatic carbocycles. The van der Waals surface area contributed by atoms with E-state index >= 15 is 0 Å². The fraction of sp³-hybridized carbons (Fsp3) is 0.188. The van der Waals surface area contributed by atoms with E-state index in [9.17, 15) is 69.6 Å². The van der Waals surface area contributed by atoms with E-state index in [1.165, 1.54) is 0 Å². The average Bonchev–Trinajstić information content (AvgIpc) is 2.76. The third-order valence-electron chi connectivity index (χ3n) is 4.79. The summed E-state index contributed by atoms with van der Waals surface area (Å²) in [5.41, 5.74) is -0.832. The van der Waals surface area contributed by atoms with Crippen LogP contribution >= 0.6 is 0 Å². The molecular formula is C16H10NNa5O21S5. The Balaban J connectivity index is -0.00000405. The molecule has 1 aliphatic rings. The second-order valence-electron chi connectivity index (χ2n) is 7.80. The first-order valence-electron chi connectivity index (χ1n) is 10.2. The van der Waals surface area contributed by atoms with Crippen LogP contribution in [0.15, 0.2) is 24.3 Å². The third-order valence-corrected chi connectivity index (χ3v) is 6.69. The third kappa shape index (κ3) is 18.0. The van der Waals surface area contributed by atoms with Gasteiger partial charge in [0.15, 0.2) is 23.0 Å². The summed E-state index contributed by atoms with van der Waals surface area (Å²) < 4.78 is 186. The van der Waals surface area contributed by atoms with Gasteiger partial charge >= 0.3 is 148 Å². The minimum Gasteiger partial charge on any atom is -0.716 e. The number of fused-ring (bicyclic) bond motifs is 1. The summed E-state index contributed by atoms with van der Waals surface area (Å²) in [6, 6.07) is 2.08. The molecule has 0 bridgehead atoms. The molecule has 0 spiro atoms. The molecule has 32 heteroatoms. The van der Waals surface area contributed by atoms with Gasteiger partial charge in [0, 0.05) is 18.7 Å². The molecular weight excluding hydrogens is 817 g/mol. The quantitative estimate of drug-likeness (QED) is 0.115. The Morgan fingerprint density at radius 2 is 0.854 bits per heavy atom. The first-order valence-corrected chi connectivity index (χ1v) is 16.8. The van der Waals surface area contributed by atoms with Crippen LogP contribution in [0.4, 0.5) is 0 Å². The summed E-state index contributed by atoms with van der Waals surface area (Å²) >= 11 is 0. The van der Waals surface area contributed by atoms with Crippen molar-refractivity contribution in [1.29, 1.82) is 0 Å². The van der Waals surface area contributed by atoms with Gasteiger partial charge in [-0.15, -0.1) is 0 Å². The Kier molecular flexibility index (Phi) is 22.7. The summed E-state index contributed by atoms with van der Waals surface area (Å²) in [6.45, 7) is -0.915. The van der Waals surface area contributed by atoms with Gasteiger partial charge in [-0.3, -0.25) is 4.79 Å². The second-order valence-corrected chi connectivity index (χ2v) is 12.7. The molecule has 0 unspecified atom stereocenters. The zero-order valence-electron chi connectivity index (χ0n) is 25.0. The van der Waals surface area contributed by atoms with Crippen molar-refractivity contribution in [1.82, 2.24) is 4.90 Å². The van der Waals surface area contributed by atoms with Gasteiger partial charge in [-0.25, -0.2) is 42.1 Å². The van der Waals surface area contributed by atoms with Crippen molar-refractivity contribution in [2.24, 2.45) is 0 Å². The number of nitrogens with zero attached hydrogens (tertiary/aromatic N) is 1. The van der Waals surface area contributed by atoms with E-state index in [0.29, 0.717) is 6.07 Å². The number of benzene rings is 2. The molecule has 2 aromatic rings. The molecule has 1 heterocycles. The SMILES string of the molecule is O=C(c1cc(OS(=O)(=O)[O-])c(OS(=O)(=O)[O-])c(OS(=O)(=O)[O-])c1)N1CCc2cc(OS(=O)(=O)[O-])c(OS(=O)(=O)[O-])cc2C1.[Na+].[Na+].[Na+].[Na+].[Na+]. The molecule has 0 atom stereocenters. The van der Waals surface area contributed by atoms with Crippen LogP contribution in [0.2, 0.25) is 0 Å². The minimum atomic E-state index is -5.90. The van der Waals surface area contributed by atoms with E-state index in [2.05, 4.69) is 20.9 Å². The molecule has 0 saturated heterocycles. The summed E-state index contributed by atoms with van der Waals surface area (Å²) in [4.78, 5) is 14.1. The van der Waals surface area contributed by atoms with Crippen LogP contribution in [-0.2, 0) is 65.0 Å². The maximum Gasteiger partial charge on any atom is 1.00 e. The molecule has 1 aliphatic heterocycles. The first kappa shape index (κ1) is 53.8. The van der Waals surface area contributed by atoms with E-state index < -0.39 is 98.8 Å². The zero-order chi connectivity index (χ0) is 32.8. The van der Waals surface area contributed by atoms with Gasteiger partial charge < -0.3 is 48.6 Å². The molecule has 2 aromatic carbocycles. The Morgan fingerprint density at radius 1 is 0.521 bits per heavy atom. The predicted molar refractivity (Wildman–Crippen MR) is 123 cm³/mol. The summed E-state index contributed by atoms with van der Waals surface area (Å²) in [5, 5.41) is 0. The standard InChI is InChI=1S/C16H15NO21S5.5Na/c18-16(9-4-13(36-41(25,26)27)15(38-43(31,32)33)14(5-9)37-42(28,29)30)17-2-1-8-3-11(34-39(19,20)21)12(6-10(8)7-17)35-40(22,23)24;;;;;/h3-6H,1-2,7H2,(H,19,20,21)(H,22,23,24)(H,25,26,27)(H,28,29,30)(H,31,32,33);;;;;/q;5*+1/p-5. The molecule has 0 aromatic heterocycles. The van der Waals surface area contributed by atoms with Crippen LogP contribution < -0.4 is 169 Å². The summed E-state index contributed by atoms with van der Waals surface area (Å²) in [7, 11) is -28.7.